The first-order valence-electron chi connectivity index (χ1n) is 16.1. The Morgan fingerprint density at radius 3 is 2.41 bits per heavy atom. The molecule has 2 fully saturated rings. The number of nitrogens with one attached hydrogen (secondary N) is 3. The second-order valence-electron chi connectivity index (χ2n) is 10.4. The minimum atomic E-state index is -0.278. The molecule has 4 unspecified atom stereocenters. The molecule has 0 spiro atoms. The average molecular weight is 709 g/mol. The van der Waals surface area contributed by atoms with Gasteiger partial charge >= 0.3 is 0 Å². The molecule has 5 atom stereocenters. The summed E-state index contributed by atoms with van der Waals surface area (Å²) in [5, 5.41) is 10.0. The lowest BCUT2D eigenvalue weighted by Gasteiger charge is -2.37. The van der Waals surface area contributed by atoms with E-state index in [0.29, 0.717) is 5.92 Å². The number of hydrogen-bond donors (Lipinski definition) is 4. The van der Waals surface area contributed by atoms with E-state index in [9.17, 15) is 9.59 Å². The summed E-state index contributed by atoms with van der Waals surface area (Å²) in [5.41, 5.74) is 7.00. The largest absolute Gasteiger partial charge is 0.403 e. The van der Waals surface area contributed by atoms with Gasteiger partial charge in [0.05, 0.1) is 17.3 Å². The number of carbonyl (C=O) groups is 2. The summed E-state index contributed by atoms with van der Waals surface area (Å²) < 4.78 is 0.0654. The molecule has 41 heavy (non-hydrogen) atoms. The summed E-state index contributed by atoms with van der Waals surface area (Å²) in [6.45, 7) is 13.7. The van der Waals surface area contributed by atoms with Gasteiger partial charge in [-0.3, -0.25) is 19.9 Å². The Balaban J connectivity index is 0. The summed E-state index contributed by atoms with van der Waals surface area (Å²) in [4.78, 5) is 34.0. The Kier molecular flexibility index (Phi) is 16.7. The molecular formula is C31H61IN6O2S. The van der Waals surface area contributed by atoms with Gasteiger partial charge in [-0.15, -0.1) is 11.8 Å². The molecule has 240 valence electrons. The summed E-state index contributed by atoms with van der Waals surface area (Å²) in [6, 6.07) is 0.503. The zero-order valence-corrected chi connectivity index (χ0v) is 29.1. The normalized spacial score (nSPS) is 27.2. The first-order chi connectivity index (χ1) is 20.0. The molecule has 3 aliphatic carbocycles. The lowest BCUT2D eigenvalue weighted by Crippen LogP contribution is -2.50. The first-order valence-corrected chi connectivity index (χ1v) is 18.2. The van der Waals surface area contributed by atoms with Gasteiger partial charge in [0, 0.05) is 47.9 Å². The number of nitrogens with zero attached hydrogens (tertiary/aromatic N) is 2. The van der Waals surface area contributed by atoms with Crippen molar-refractivity contribution in [1.82, 2.24) is 20.9 Å². The molecule has 8 nitrogen and oxygen atoms in total. The Morgan fingerprint density at radius 2 is 1.83 bits per heavy atom. The molecule has 0 aromatic heterocycles. The predicted molar refractivity (Wildman–Crippen MR) is 189 cm³/mol. The van der Waals surface area contributed by atoms with Crippen molar-refractivity contribution in [3.8, 4) is 0 Å². The summed E-state index contributed by atoms with van der Waals surface area (Å²) in [6.07, 6.45) is 14.9. The molecule has 5 rings (SSSR count). The van der Waals surface area contributed by atoms with Crippen LogP contribution in [-0.4, -0.2) is 57.6 Å². The number of nitrogens with two attached hydrogens (primary N) is 1. The fourth-order valence-corrected chi connectivity index (χ4v) is 7.85. The van der Waals surface area contributed by atoms with Gasteiger partial charge in [0.2, 0.25) is 11.8 Å². The van der Waals surface area contributed by atoms with Crippen molar-refractivity contribution in [2.45, 2.75) is 121 Å². The molecule has 2 heterocycles. The highest BCUT2D eigenvalue weighted by Crippen LogP contribution is 2.48. The Labute approximate surface area is 271 Å². The van der Waals surface area contributed by atoms with Crippen LogP contribution in [0.25, 0.3) is 0 Å². The minimum Gasteiger partial charge on any atom is -0.403 e. The van der Waals surface area contributed by atoms with Gasteiger partial charge in [-0.1, -0.05) is 41.5 Å². The maximum Gasteiger partial charge on any atom is 0.230 e. The highest BCUT2D eigenvalue weighted by Gasteiger charge is 2.45. The topological polar surface area (TPSA) is 112 Å². The van der Waals surface area contributed by atoms with Crippen molar-refractivity contribution in [1.29, 1.82) is 0 Å². The van der Waals surface area contributed by atoms with Gasteiger partial charge in [-0.2, -0.15) is 0 Å². The number of halogens is 1. The van der Waals surface area contributed by atoms with E-state index in [1.165, 1.54) is 23.3 Å². The van der Waals surface area contributed by atoms with Crippen molar-refractivity contribution in [2.75, 3.05) is 13.1 Å². The smallest absolute Gasteiger partial charge is 0.230 e. The molecule has 5 aliphatic rings. The highest BCUT2D eigenvalue weighted by atomic mass is 127. The number of thioether (sulfide) groups is 1. The van der Waals surface area contributed by atoms with Crippen LogP contribution < -0.4 is 21.7 Å². The Morgan fingerprint density at radius 1 is 1.12 bits per heavy atom. The monoisotopic (exact) mass is 708 g/mol. The van der Waals surface area contributed by atoms with Crippen LogP contribution in [0.3, 0.4) is 0 Å². The molecule has 0 aromatic rings. The first kappa shape index (κ1) is 35.9. The van der Waals surface area contributed by atoms with Crippen LogP contribution in [-0.2, 0) is 9.59 Å². The van der Waals surface area contributed by atoms with Crippen molar-refractivity contribution in [3.63, 3.8) is 0 Å². The second kappa shape index (κ2) is 19.1. The van der Waals surface area contributed by atoms with Gasteiger partial charge in [0.15, 0.2) is 0 Å². The Bertz CT molecular complexity index is 921. The van der Waals surface area contributed by atoms with Gasteiger partial charge in [-0.05, 0) is 96.8 Å². The van der Waals surface area contributed by atoms with Gasteiger partial charge in [0.1, 0.15) is 4.17 Å². The second-order valence-corrected chi connectivity index (χ2v) is 12.8. The van der Waals surface area contributed by atoms with Gasteiger partial charge < -0.3 is 21.3 Å². The van der Waals surface area contributed by atoms with Crippen LogP contribution >= 0.6 is 34.4 Å². The fourth-order valence-electron chi connectivity index (χ4n) is 5.24. The van der Waals surface area contributed by atoms with Crippen LogP contribution in [0.15, 0.2) is 27.9 Å². The van der Waals surface area contributed by atoms with Crippen molar-refractivity contribution < 1.29 is 13.9 Å². The maximum atomic E-state index is 13.4. The van der Waals surface area contributed by atoms with E-state index in [1.807, 2.05) is 54.0 Å². The van der Waals surface area contributed by atoms with E-state index in [4.69, 9.17) is 5.73 Å². The number of rotatable bonds is 10. The van der Waals surface area contributed by atoms with E-state index in [-0.39, 0.29) is 49.6 Å². The summed E-state index contributed by atoms with van der Waals surface area (Å²) >= 11 is 4.15. The third-order valence-corrected chi connectivity index (χ3v) is 10.0. The van der Waals surface area contributed by atoms with E-state index in [1.54, 1.807) is 18.0 Å². The molecule has 2 amide bonds. The fraction of sp³-hybridized carbons (Fsp3) is 0.774. The maximum absolute atomic E-state index is 13.4. The number of amides is 2. The molecule has 0 bridgehead atoms. The van der Waals surface area contributed by atoms with Crippen molar-refractivity contribution in [3.05, 3.63) is 22.9 Å². The van der Waals surface area contributed by atoms with E-state index < -0.39 is 0 Å². The summed E-state index contributed by atoms with van der Waals surface area (Å²) in [7, 11) is 0. The van der Waals surface area contributed by atoms with Crippen LogP contribution in [0, 0.1) is 17.8 Å². The molecule has 0 aromatic carbocycles. The van der Waals surface area contributed by atoms with Crippen molar-refractivity contribution >= 4 is 52.4 Å². The van der Waals surface area contributed by atoms with Crippen molar-refractivity contribution in [2.24, 2.45) is 28.5 Å². The predicted octanol–water partition coefficient (Wildman–Crippen LogP) is 6.62. The number of allylic oxidation sites excluding steroid dienone is 1. The van der Waals surface area contributed by atoms with Crippen LogP contribution in [0.1, 0.15) is 104 Å². The van der Waals surface area contributed by atoms with E-state index in [0.717, 1.165) is 58.0 Å². The third kappa shape index (κ3) is 10.7. The van der Waals surface area contributed by atoms with Crippen LogP contribution in [0.5, 0.6) is 0 Å². The minimum absolute atomic E-state index is 0. The molecule has 0 saturated heterocycles. The molecule has 0 radical (unpaired) electrons. The number of aliphatic imine (C=N–C) groups is 1. The zero-order chi connectivity index (χ0) is 30.4. The lowest BCUT2D eigenvalue weighted by atomic mass is 9.85. The average Bonchev–Trinajstić information content (AvgIpc) is 3.95. The SMILES string of the molecule is CC.CC.CC.N/C=C\N(C1C=NCCC1)C(I)N[C@H]1CCC2=C(C1)C(C(=O)NCC1CC1)C(NC(=O)C1CC1)S2.[HH].[HH].[HH]. The third-order valence-electron chi connectivity index (χ3n) is 7.61. The summed E-state index contributed by atoms with van der Waals surface area (Å²) in [5.74, 6) is 0.684. The number of carbonyl (C=O) groups excluding carboxylic acids is 2. The van der Waals surface area contributed by atoms with E-state index in [2.05, 4.69) is 48.4 Å². The van der Waals surface area contributed by atoms with Crippen LogP contribution in [0.2, 0.25) is 0 Å². The highest BCUT2D eigenvalue weighted by molar-refractivity contribution is 14.1. The van der Waals surface area contributed by atoms with Gasteiger partial charge in [-0.25, -0.2) is 0 Å². The standard InChI is InChI=1S/C25H37IN6O2S.3C2H6.3H2/c26-25(32(11-9-27)18-2-1-10-28-14-18)30-17-7-8-20-19(12-17)21(23(34)29-13-15-3-4-15)24(35-20)31-22(33)16-5-6-16;3*1-2;;;/h9,11,14-18,21,24-25,30H,1-8,10,12-13,27H2,(H,29,34)(H,31,33);3*1-2H3;3*1H/b11-9-;;;;;;/t17-,18?,21?,24?,25?;;;;;;/m0....../s1. The number of alkyl halides is 1. The quantitative estimate of drug-likeness (QED) is 0.0879. The molecule has 10 heteroatoms. The zero-order valence-electron chi connectivity index (χ0n) is 26.1. The Hall–Kier alpha value is -1.27. The molecular weight excluding hydrogens is 647 g/mol. The molecule has 5 N–H and O–H groups in total. The number of hydrogen-bond acceptors (Lipinski definition) is 7. The van der Waals surface area contributed by atoms with E-state index >= 15 is 0 Å². The van der Waals surface area contributed by atoms with Gasteiger partial charge in [0.25, 0.3) is 0 Å². The van der Waals surface area contributed by atoms with Crippen LogP contribution in [0.4, 0.5) is 0 Å². The molecule has 2 saturated carbocycles. The lowest BCUT2D eigenvalue weighted by molar-refractivity contribution is -0.125. The molecule has 2 aliphatic heterocycles.